The van der Waals surface area contributed by atoms with Crippen LogP contribution in [-0.4, -0.2) is 17.6 Å². The zero-order valence-electron chi connectivity index (χ0n) is 11.4. The van der Waals surface area contributed by atoms with E-state index < -0.39 is 0 Å². The second-order valence-corrected chi connectivity index (χ2v) is 4.71. The Labute approximate surface area is 107 Å². The van der Waals surface area contributed by atoms with Crippen LogP contribution in [0.3, 0.4) is 0 Å². The molecular weight excluding hydrogens is 226 g/mol. The molecule has 2 rings (SSSR count). The average Bonchev–Trinajstić information content (AvgIpc) is 2.55. The first kappa shape index (κ1) is 12.7. The van der Waals surface area contributed by atoms with Crippen LogP contribution in [0.15, 0.2) is 12.1 Å². The van der Waals surface area contributed by atoms with Crippen LogP contribution in [0.5, 0.6) is 0 Å². The maximum absolute atomic E-state index is 11.6. The zero-order valence-corrected chi connectivity index (χ0v) is 11.4. The number of hydrogen-bond donors (Lipinski definition) is 1. The van der Waals surface area contributed by atoms with Gasteiger partial charge >= 0.3 is 5.97 Å². The monoisotopic (exact) mass is 245 g/mol. The Morgan fingerprint density at radius 3 is 2.67 bits per heavy atom. The summed E-state index contributed by atoms with van der Waals surface area (Å²) in [6.07, 6.45) is 0.337. The third kappa shape index (κ3) is 2.26. The molecule has 1 aromatic heterocycles. The molecule has 0 saturated carbocycles. The SMILES string of the molecule is CCOC(=O)Cc1c(C)[nH]c2cc(C)cc(C)c12. The van der Waals surface area contributed by atoms with Crippen LogP contribution < -0.4 is 0 Å². The quantitative estimate of drug-likeness (QED) is 0.844. The number of fused-ring (bicyclic) bond motifs is 1. The first-order chi connectivity index (χ1) is 8.52. The zero-order chi connectivity index (χ0) is 13.3. The molecular formula is C15H19NO2. The van der Waals surface area contributed by atoms with Gasteiger partial charge in [-0.2, -0.15) is 0 Å². The Balaban J connectivity index is 2.50. The highest BCUT2D eigenvalue weighted by molar-refractivity contribution is 5.91. The van der Waals surface area contributed by atoms with Gasteiger partial charge < -0.3 is 9.72 Å². The number of aryl methyl sites for hydroxylation is 3. The van der Waals surface area contributed by atoms with Crippen molar-refractivity contribution in [3.63, 3.8) is 0 Å². The second kappa shape index (κ2) is 4.84. The van der Waals surface area contributed by atoms with Gasteiger partial charge in [0.25, 0.3) is 0 Å². The fourth-order valence-corrected chi connectivity index (χ4v) is 2.51. The Kier molecular flexibility index (Phi) is 3.41. The van der Waals surface area contributed by atoms with E-state index in [1.807, 2.05) is 13.8 Å². The Hall–Kier alpha value is -1.77. The fraction of sp³-hybridized carbons (Fsp3) is 0.400. The van der Waals surface area contributed by atoms with Crippen LogP contribution in [-0.2, 0) is 16.0 Å². The van der Waals surface area contributed by atoms with Crippen molar-refractivity contribution in [1.82, 2.24) is 4.98 Å². The molecule has 1 heterocycles. The molecule has 2 aromatic rings. The van der Waals surface area contributed by atoms with E-state index in [1.54, 1.807) is 0 Å². The minimum atomic E-state index is -0.165. The summed E-state index contributed by atoms with van der Waals surface area (Å²) in [4.78, 5) is 15.0. The lowest BCUT2D eigenvalue weighted by atomic mass is 10.0. The number of aromatic amines is 1. The highest BCUT2D eigenvalue weighted by Crippen LogP contribution is 2.27. The number of benzene rings is 1. The lowest BCUT2D eigenvalue weighted by molar-refractivity contribution is -0.142. The summed E-state index contributed by atoms with van der Waals surface area (Å²) in [5.41, 5.74) is 5.63. The number of carbonyl (C=O) groups is 1. The number of aromatic nitrogens is 1. The first-order valence-electron chi connectivity index (χ1n) is 6.27. The Morgan fingerprint density at radius 2 is 2.00 bits per heavy atom. The van der Waals surface area contributed by atoms with Gasteiger partial charge in [0.2, 0.25) is 0 Å². The minimum Gasteiger partial charge on any atom is -0.466 e. The molecule has 0 aliphatic heterocycles. The number of rotatable bonds is 3. The predicted octanol–water partition coefficient (Wildman–Crippen LogP) is 3.20. The van der Waals surface area contributed by atoms with Crippen molar-refractivity contribution in [2.45, 2.75) is 34.1 Å². The molecule has 18 heavy (non-hydrogen) atoms. The van der Waals surface area contributed by atoms with Crippen molar-refractivity contribution >= 4 is 16.9 Å². The van der Waals surface area contributed by atoms with Crippen LogP contribution in [0.25, 0.3) is 10.9 Å². The highest BCUT2D eigenvalue weighted by atomic mass is 16.5. The average molecular weight is 245 g/mol. The summed E-state index contributed by atoms with van der Waals surface area (Å²) < 4.78 is 5.03. The molecule has 0 bridgehead atoms. The van der Waals surface area contributed by atoms with Gasteiger partial charge in [-0.1, -0.05) is 6.07 Å². The molecule has 0 atom stereocenters. The largest absolute Gasteiger partial charge is 0.466 e. The number of nitrogens with one attached hydrogen (secondary N) is 1. The van der Waals surface area contributed by atoms with Gasteiger partial charge in [0, 0.05) is 16.6 Å². The van der Waals surface area contributed by atoms with E-state index in [0.717, 1.165) is 22.2 Å². The first-order valence-corrected chi connectivity index (χ1v) is 6.27. The Morgan fingerprint density at radius 1 is 1.28 bits per heavy atom. The summed E-state index contributed by atoms with van der Waals surface area (Å²) in [5.74, 6) is -0.165. The van der Waals surface area contributed by atoms with Gasteiger partial charge in [-0.15, -0.1) is 0 Å². The molecule has 0 unspecified atom stereocenters. The molecule has 96 valence electrons. The minimum absolute atomic E-state index is 0.165. The molecule has 0 radical (unpaired) electrons. The number of H-pyrrole nitrogens is 1. The van der Waals surface area contributed by atoms with Crippen molar-refractivity contribution in [1.29, 1.82) is 0 Å². The molecule has 0 aliphatic rings. The fourth-order valence-electron chi connectivity index (χ4n) is 2.51. The molecule has 0 spiro atoms. The van der Waals surface area contributed by atoms with Gasteiger partial charge in [-0.3, -0.25) is 4.79 Å². The van der Waals surface area contributed by atoms with Crippen LogP contribution >= 0.6 is 0 Å². The molecule has 0 amide bonds. The number of carbonyl (C=O) groups excluding carboxylic acids is 1. The van der Waals surface area contributed by atoms with Crippen molar-refractivity contribution in [3.8, 4) is 0 Å². The highest BCUT2D eigenvalue weighted by Gasteiger charge is 2.14. The summed E-state index contributed by atoms with van der Waals surface area (Å²) in [7, 11) is 0. The topological polar surface area (TPSA) is 42.1 Å². The number of ether oxygens (including phenoxy) is 1. The molecule has 3 nitrogen and oxygen atoms in total. The van der Waals surface area contributed by atoms with Crippen molar-refractivity contribution in [3.05, 3.63) is 34.5 Å². The van der Waals surface area contributed by atoms with Gasteiger partial charge in [-0.25, -0.2) is 0 Å². The molecule has 0 aliphatic carbocycles. The third-order valence-corrected chi connectivity index (χ3v) is 3.18. The summed E-state index contributed by atoms with van der Waals surface area (Å²) in [6, 6.07) is 4.26. The smallest absolute Gasteiger partial charge is 0.310 e. The lowest BCUT2D eigenvalue weighted by Gasteiger charge is -2.05. The van der Waals surface area contributed by atoms with Crippen molar-refractivity contribution in [2.75, 3.05) is 6.61 Å². The van der Waals surface area contributed by atoms with E-state index in [4.69, 9.17) is 4.74 Å². The normalized spacial score (nSPS) is 10.9. The van der Waals surface area contributed by atoms with Crippen LogP contribution in [0.2, 0.25) is 0 Å². The third-order valence-electron chi connectivity index (χ3n) is 3.18. The summed E-state index contributed by atoms with van der Waals surface area (Å²) in [5, 5.41) is 1.16. The van der Waals surface area contributed by atoms with Crippen LogP contribution in [0, 0.1) is 20.8 Å². The van der Waals surface area contributed by atoms with E-state index in [9.17, 15) is 4.79 Å². The van der Waals surface area contributed by atoms with Gasteiger partial charge in [-0.05, 0) is 50.5 Å². The van der Waals surface area contributed by atoms with E-state index in [2.05, 4.69) is 31.0 Å². The van der Waals surface area contributed by atoms with Gasteiger partial charge in [0.1, 0.15) is 0 Å². The van der Waals surface area contributed by atoms with E-state index in [0.29, 0.717) is 13.0 Å². The van der Waals surface area contributed by atoms with Crippen molar-refractivity contribution < 1.29 is 9.53 Å². The molecule has 3 heteroatoms. The van der Waals surface area contributed by atoms with E-state index in [1.165, 1.54) is 11.1 Å². The lowest BCUT2D eigenvalue weighted by Crippen LogP contribution is -2.08. The van der Waals surface area contributed by atoms with Crippen LogP contribution in [0.1, 0.15) is 29.3 Å². The number of esters is 1. The van der Waals surface area contributed by atoms with Gasteiger partial charge in [0.05, 0.1) is 13.0 Å². The summed E-state index contributed by atoms with van der Waals surface area (Å²) >= 11 is 0. The Bertz CT molecular complexity index is 596. The predicted molar refractivity (Wildman–Crippen MR) is 72.8 cm³/mol. The molecule has 0 saturated heterocycles. The van der Waals surface area contributed by atoms with Crippen LogP contribution in [0.4, 0.5) is 0 Å². The maximum Gasteiger partial charge on any atom is 0.310 e. The van der Waals surface area contributed by atoms with Gasteiger partial charge in [0.15, 0.2) is 0 Å². The summed E-state index contributed by atoms with van der Waals surface area (Å²) in [6.45, 7) is 8.42. The van der Waals surface area contributed by atoms with E-state index in [-0.39, 0.29) is 5.97 Å². The molecule has 0 fully saturated rings. The second-order valence-electron chi connectivity index (χ2n) is 4.71. The van der Waals surface area contributed by atoms with E-state index >= 15 is 0 Å². The van der Waals surface area contributed by atoms with Crippen molar-refractivity contribution in [2.24, 2.45) is 0 Å². The maximum atomic E-state index is 11.6. The molecule has 1 aromatic carbocycles. The standard InChI is InChI=1S/C15H19NO2/c1-5-18-14(17)8-12-11(4)16-13-7-9(2)6-10(3)15(12)13/h6-7,16H,5,8H2,1-4H3. The number of hydrogen-bond acceptors (Lipinski definition) is 2. The molecule has 1 N–H and O–H groups in total.